The number of rotatable bonds is 10. The van der Waals surface area contributed by atoms with Crippen molar-refractivity contribution in [1.82, 2.24) is 0 Å². The van der Waals surface area contributed by atoms with E-state index in [4.69, 9.17) is 13.9 Å². The minimum absolute atomic E-state index is 0.136. The van der Waals surface area contributed by atoms with Crippen LogP contribution in [0.2, 0.25) is 5.04 Å². The Balaban J connectivity index is 2.02. The summed E-state index contributed by atoms with van der Waals surface area (Å²) in [5, 5.41) is 11.7. The van der Waals surface area contributed by atoms with Gasteiger partial charge < -0.3 is 19.0 Å². The van der Waals surface area contributed by atoms with E-state index in [0.29, 0.717) is 12.8 Å². The Labute approximate surface area is 216 Å². The molecule has 1 fully saturated rings. The molecule has 196 valence electrons. The van der Waals surface area contributed by atoms with Crippen molar-refractivity contribution < 1.29 is 28.6 Å². The van der Waals surface area contributed by atoms with Crippen molar-refractivity contribution in [2.24, 2.45) is 5.92 Å². The quantitative estimate of drug-likeness (QED) is 0.372. The first-order valence-electron chi connectivity index (χ1n) is 12.8. The zero-order valence-electron chi connectivity index (χ0n) is 22.3. The topological polar surface area (TPSA) is 82.1 Å². The molecular formula is C29H40O6Si. The molecule has 3 unspecified atom stereocenters. The largest absolute Gasteiger partial charge is 0.481 e. The molecule has 1 heterocycles. The molecule has 1 N–H and O–H groups in total. The highest BCUT2D eigenvalue weighted by atomic mass is 28.4. The van der Waals surface area contributed by atoms with Gasteiger partial charge in [-0.1, -0.05) is 88.4 Å². The number of hydrogen-bond acceptors (Lipinski definition) is 5. The Morgan fingerprint density at radius 2 is 1.58 bits per heavy atom. The van der Waals surface area contributed by atoms with E-state index in [1.54, 1.807) is 0 Å². The molecule has 0 radical (unpaired) electrons. The van der Waals surface area contributed by atoms with Crippen molar-refractivity contribution in [3.8, 4) is 0 Å². The highest BCUT2D eigenvalue weighted by molar-refractivity contribution is 6.99. The second-order valence-electron chi connectivity index (χ2n) is 10.8. The monoisotopic (exact) mass is 512 g/mol. The molecule has 3 rings (SSSR count). The molecule has 0 aliphatic carbocycles. The van der Waals surface area contributed by atoms with Gasteiger partial charge in [-0.3, -0.25) is 9.59 Å². The first-order chi connectivity index (χ1) is 17.0. The van der Waals surface area contributed by atoms with E-state index in [2.05, 4.69) is 76.2 Å². The molecule has 0 bridgehead atoms. The van der Waals surface area contributed by atoms with Crippen LogP contribution < -0.4 is 10.4 Å². The van der Waals surface area contributed by atoms with Crippen molar-refractivity contribution in [3.63, 3.8) is 0 Å². The van der Waals surface area contributed by atoms with Gasteiger partial charge in [0.25, 0.3) is 8.32 Å². The first-order valence-corrected chi connectivity index (χ1v) is 14.7. The molecule has 0 spiro atoms. The van der Waals surface area contributed by atoms with Crippen molar-refractivity contribution in [2.75, 3.05) is 0 Å². The van der Waals surface area contributed by atoms with Crippen LogP contribution in [0.5, 0.6) is 0 Å². The lowest BCUT2D eigenvalue weighted by molar-refractivity contribution is -0.150. The first kappa shape index (κ1) is 28.1. The minimum Gasteiger partial charge on any atom is -0.481 e. The fraction of sp³-hybridized carbons (Fsp3) is 0.517. The van der Waals surface area contributed by atoms with Crippen molar-refractivity contribution in [2.45, 2.75) is 90.3 Å². The van der Waals surface area contributed by atoms with Crippen molar-refractivity contribution in [1.29, 1.82) is 0 Å². The third-order valence-corrected chi connectivity index (χ3v) is 12.3. The van der Waals surface area contributed by atoms with E-state index >= 15 is 0 Å². The fourth-order valence-electron chi connectivity index (χ4n) is 5.60. The van der Waals surface area contributed by atoms with Crippen LogP contribution in [0.3, 0.4) is 0 Å². The molecule has 1 saturated heterocycles. The van der Waals surface area contributed by atoms with E-state index < -0.39 is 26.5 Å². The minimum atomic E-state index is -2.81. The number of carboxylic acids is 1. The van der Waals surface area contributed by atoms with Crippen LogP contribution in [0.1, 0.15) is 60.8 Å². The molecule has 1 aliphatic heterocycles. The number of benzene rings is 2. The van der Waals surface area contributed by atoms with Gasteiger partial charge >= 0.3 is 11.9 Å². The summed E-state index contributed by atoms with van der Waals surface area (Å²) >= 11 is 0. The molecule has 0 amide bonds. The number of carbonyl (C=O) groups is 2. The molecule has 1 aliphatic rings. The highest BCUT2D eigenvalue weighted by Crippen LogP contribution is 2.41. The van der Waals surface area contributed by atoms with Crippen LogP contribution in [0.25, 0.3) is 0 Å². The average molecular weight is 513 g/mol. The number of aliphatic carboxylic acids is 1. The molecule has 0 saturated carbocycles. The third kappa shape index (κ3) is 6.07. The number of carboxylic acid groups (broad SMARTS) is 1. The van der Waals surface area contributed by atoms with Gasteiger partial charge in [-0.15, -0.1) is 0 Å². The maximum Gasteiger partial charge on any atom is 0.305 e. The fourth-order valence-corrected chi connectivity index (χ4v) is 10.4. The van der Waals surface area contributed by atoms with Crippen LogP contribution in [0, 0.1) is 5.92 Å². The van der Waals surface area contributed by atoms with Crippen LogP contribution in [-0.2, 0) is 23.5 Å². The van der Waals surface area contributed by atoms with E-state index in [9.17, 15) is 14.7 Å². The number of ether oxygens (including phenoxy) is 2. The van der Waals surface area contributed by atoms with E-state index in [0.717, 1.165) is 0 Å². The summed E-state index contributed by atoms with van der Waals surface area (Å²) in [6, 6.07) is 20.9. The summed E-state index contributed by atoms with van der Waals surface area (Å²) in [6.45, 7) is 12.0. The van der Waals surface area contributed by atoms with Gasteiger partial charge in [0.15, 0.2) is 0 Å². The van der Waals surface area contributed by atoms with Gasteiger partial charge in [0.2, 0.25) is 0 Å². The predicted octanol–water partition coefficient (Wildman–Crippen LogP) is 4.54. The lowest BCUT2D eigenvalue weighted by Gasteiger charge is -2.46. The number of esters is 1. The third-order valence-electron chi connectivity index (χ3n) is 7.22. The SMILES string of the molecule is CCC(O[Si](c1ccccc1)(c1ccccc1)C(C)(C)C)[C@@H]1C[C@@H](C(C)OC(C)=O)C(CC(=O)O)O1. The lowest BCUT2D eigenvalue weighted by atomic mass is 9.91. The summed E-state index contributed by atoms with van der Waals surface area (Å²) in [5.41, 5.74) is 0. The molecule has 6 nitrogen and oxygen atoms in total. The van der Waals surface area contributed by atoms with Gasteiger partial charge in [-0.2, -0.15) is 0 Å². The zero-order valence-corrected chi connectivity index (χ0v) is 23.3. The maximum atomic E-state index is 11.6. The summed E-state index contributed by atoms with van der Waals surface area (Å²) in [5.74, 6) is -1.52. The maximum absolute atomic E-state index is 11.6. The van der Waals surface area contributed by atoms with Crippen molar-refractivity contribution in [3.05, 3.63) is 60.7 Å². The Hall–Kier alpha value is -2.48. The molecule has 0 aromatic heterocycles. The van der Waals surface area contributed by atoms with Crippen molar-refractivity contribution >= 4 is 30.6 Å². The standard InChI is InChI=1S/C29H40O6Si/c1-7-25(27-18-24(20(2)33-21(3)30)26(34-27)19-28(31)32)35-36(29(4,5)6,22-14-10-8-11-15-22)23-16-12-9-13-17-23/h8-17,20,24-27H,7,18-19H2,1-6H3,(H,31,32)/t20?,24-,25?,26?,27-/m0/s1. The Bertz CT molecular complexity index is 964. The van der Waals surface area contributed by atoms with Crippen LogP contribution >= 0.6 is 0 Å². The van der Waals surface area contributed by atoms with E-state index in [1.807, 2.05) is 19.1 Å². The smallest absolute Gasteiger partial charge is 0.305 e. The van der Waals surface area contributed by atoms with Crippen LogP contribution in [-0.4, -0.2) is 49.8 Å². The predicted molar refractivity (Wildman–Crippen MR) is 143 cm³/mol. The van der Waals surface area contributed by atoms with Gasteiger partial charge in [0.05, 0.1) is 24.7 Å². The summed E-state index contributed by atoms with van der Waals surface area (Å²) in [7, 11) is -2.81. The summed E-state index contributed by atoms with van der Waals surface area (Å²) in [6.07, 6.45) is -0.387. The Kier molecular flexibility index (Phi) is 9.14. The second-order valence-corrected chi connectivity index (χ2v) is 15.0. The normalized spacial score (nSPS) is 22.1. The Morgan fingerprint density at radius 3 is 2.00 bits per heavy atom. The van der Waals surface area contributed by atoms with Gasteiger partial charge in [0.1, 0.15) is 6.10 Å². The van der Waals surface area contributed by atoms with E-state index in [-0.39, 0.29) is 35.6 Å². The molecular weight excluding hydrogens is 472 g/mol. The van der Waals surface area contributed by atoms with Gasteiger partial charge in [-0.25, -0.2) is 0 Å². The van der Waals surface area contributed by atoms with Gasteiger partial charge in [-0.05, 0) is 35.2 Å². The Morgan fingerprint density at radius 1 is 1.06 bits per heavy atom. The molecule has 5 atom stereocenters. The zero-order chi connectivity index (χ0) is 26.5. The molecule has 36 heavy (non-hydrogen) atoms. The van der Waals surface area contributed by atoms with Crippen LogP contribution in [0.4, 0.5) is 0 Å². The van der Waals surface area contributed by atoms with Crippen LogP contribution in [0.15, 0.2) is 60.7 Å². The van der Waals surface area contributed by atoms with Gasteiger partial charge in [0, 0.05) is 12.8 Å². The molecule has 2 aromatic rings. The average Bonchev–Trinajstić information content (AvgIpc) is 3.23. The second kappa shape index (κ2) is 11.7. The highest BCUT2D eigenvalue weighted by Gasteiger charge is 2.53. The lowest BCUT2D eigenvalue weighted by Crippen LogP contribution is -2.68. The molecule has 7 heteroatoms. The molecule has 2 aromatic carbocycles. The number of carbonyl (C=O) groups excluding carboxylic acids is 1. The number of hydrogen-bond donors (Lipinski definition) is 1. The van der Waals surface area contributed by atoms with E-state index in [1.165, 1.54) is 17.3 Å². The summed E-state index contributed by atoms with van der Waals surface area (Å²) < 4.78 is 19.2. The summed E-state index contributed by atoms with van der Waals surface area (Å²) in [4.78, 5) is 23.2.